The Hall–Kier alpha value is -0.120. The van der Waals surface area contributed by atoms with Gasteiger partial charge in [-0.25, -0.2) is 0 Å². The minimum atomic E-state index is -0.930. The quantitative estimate of drug-likeness (QED) is 0.722. The van der Waals surface area contributed by atoms with Gasteiger partial charge < -0.3 is 14.9 Å². The van der Waals surface area contributed by atoms with Crippen molar-refractivity contribution in [3.8, 4) is 0 Å². The highest BCUT2D eigenvalue weighted by Crippen LogP contribution is 2.71. The minimum absolute atomic E-state index is 0.0565. The Morgan fingerprint density at radius 1 is 0.952 bits per heavy atom. The van der Waals surface area contributed by atoms with E-state index < -0.39 is 5.79 Å². The summed E-state index contributed by atoms with van der Waals surface area (Å²) in [6.45, 7) is 7.42. The van der Waals surface area contributed by atoms with Crippen molar-refractivity contribution in [3.63, 3.8) is 0 Å². The lowest BCUT2D eigenvalue weighted by Crippen LogP contribution is -2.72. The molecule has 0 amide bonds. The maximum absolute atomic E-state index is 10.9. The third kappa shape index (κ3) is 1.51. The highest BCUT2D eigenvalue weighted by molar-refractivity contribution is 5.17. The van der Waals surface area contributed by atoms with Crippen LogP contribution >= 0.6 is 0 Å². The molecule has 3 nitrogen and oxygen atoms in total. The van der Waals surface area contributed by atoms with E-state index in [0.717, 1.165) is 38.5 Å². The molecule has 5 aliphatic rings. The van der Waals surface area contributed by atoms with Gasteiger partial charge in [-0.1, -0.05) is 27.2 Å². The lowest BCUT2D eigenvalue weighted by atomic mass is 9.38. The normalized spacial score (nSPS) is 58.4. The first-order valence-corrected chi connectivity index (χ1v) is 8.81. The molecule has 0 aromatic rings. The van der Waals surface area contributed by atoms with E-state index in [2.05, 4.69) is 20.8 Å². The maximum atomic E-state index is 10.9. The van der Waals surface area contributed by atoms with Crippen LogP contribution in [0.4, 0.5) is 0 Å². The van der Waals surface area contributed by atoms with E-state index in [1.807, 2.05) is 0 Å². The topological polar surface area (TPSA) is 49.7 Å². The molecule has 0 aromatic heterocycles. The van der Waals surface area contributed by atoms with Crippen LogP contribution in [0.15, 0.2) is 0 Å². The molecule has 0 unspecified atom stereocenters. The molecule has 6 atom stereocenters. The highest BCUT2D eigenvalue weighted by Gasteiger charge is 2.71. The number of hydrogen-bond acceptors (Lipinski definition) is 3. The molecule has 3 saturated carbocycles. The van der Waals surface area contributed by atoms with E-state index in [4.69, 9.17) is 4.74 Å². The number of hydrogen-bond donors (Lipinski definition) is 2. The molecule has 0 aromatic carbocycles. The number of fused-ring (bicyclic) bond motifs is 3. The monoisotopic (exact) mass is 294 g/mol. The van der Waals surface area contributed by atoms with Crippen molar-refractivity contribution in [1.29, 1.82) is 0 Å². The third-order valence-corrected chi connectivity index (χ3v) is 8.27. The molecule has 1 spiro atoms. The zero-order valence-corrected chi connectivity index (χ0v) is 13.7. The van der Waals surface area contributed by atoms with Crippen molar-refractivity contribution < 1.29 is 14.9 Å². The van der Waals surface area contributed by atoms with Crippen molar-refractivity contribution in [3.05, 3.63) is 0 Å². The smallest absolute Gasteiger partial charge is 0.170 e. The van der Waals surface area contributed by atoms with Crippen molar-refractivity contribution in [2.24, 2.45) is 28.1 Å². The summed E-state index contributed by atoms with van der Waals surface area (Å²) in [6, 6.07) is 0. The molecule has 2 aliphatic heterocycles. The summed E-state index contributed by atoms with van der Waals surface area (Å²) < 4.78 is 6.04. The van der Waals surface area contributed by atoms with Crippen molar-refractivity contribution in [2.45, 2.75) is 77.6 Å². The maximum Gasteiger partial charge on any atom is 0.170 e. The molecule has 0 radical (unpaired) electrons. The second kappa shape index (κ2) is 4.04. The predicted molar refractivity (Wildman–Crippen MR) is 80.5 cm³/mol. The fourth-order valence-electron chi connectivity index (χ4n) is 6.89. The average Bonchev–Trinajstić information content (AvgIpc) is 2.43. The van der Waals surface area contributed by atoms with Gasteiger partial charge in [0.15, 0.2) is 5.79 Å². The summed E-state index contributed by atoms with van der Waals surface area (Å²) in [4.78, 5) is 0. The van der Waals surface area contributed by atoms with Crippen LogP contribution < -0.4 is 0 Å². The van der Waals surface area contributed by atoms with Gasteiger partial charge in [-0.05, 0) is 49.4 Å². The highest BCUT2D eigenvalue weighted by atomic mass is 16.6. The fraction of sp³-hybridized carbons (Fsp3) is 1.00. The number of aliphatic hydroxyl groups excluding tert-OH is 1. The largest absolute Gasteiger partial charge is 0.393 e. The second-order valence-electron chi connectivity index (χ2n) is 9.12. The Morgan fingerprint density at radius 2 is 1.71 bits per heavy atom. The number of rotatable bonds is 0. The summed E-state index contributed by atoms with van der Waals surface area (Å²) in [6.07, 6.45) is 7.24. The first kappa shape index (κ1) is 14.5. The van der Waals surface area contributed by atoms with Crippen LogP contribution in [-0.2, 0) is 4.74 Å². The molecule has 2 heterocycles. The zero-order valence-electron chi connectivity index (χ0n) is 13.7. The Kier molecular flexibility index (Phi) is 2.78. The van der Waals surface area contributed by atoms with Crippen molar-refractivity contribution in [2.75, 3.05) is 6.61 Å². The first-order valence-electron chi connectivity index (χ1n) is 8.81. The van der Waals surface area contributed by atoms with Crippen LogP contribution in [-0.4, -0.2) is 28.7 Å². The summed E-state index contributed by atoms with van der Waals surface area (Å²) in [5, 5.41) is 21.6. The predicted octanol–water partition coefficient (Wildman–Crippen LogP) is 3.09. The van der Waals surface area contributed by atoms with Gasteiger partial charge in [0.1, 0.15) is 0 Å². The molecule has 120 valence electrons. The molecule has 2 saturated heterocycles. The van der Waals surface area contributed by atoms with Gasteiger partial charge in [0.05, 0.1) is 12.7 Å². The molecular formula is C18H30O3. The minimum Gasteiger partial charge on any atom is -0.393 e. The average molecular weight is 294 g/mol. The molecule has 3 aliphatic carbocycles. The van der Waals surface area contributed by atoms with Crippen LogP contribution in [0.5, 0.6) is 0 Å². The van der Waals surface area contributed by atoms with Gasteiger partial charge in [-0.15, -0.1) is 0 Å². The standard InChI is InChI=1S/C18H30O3/c1-15(2)12-7-8-16(3)13(5-4-6-14(16)19)17(12)9-10-18(15,20)21-11-17/h12-14,19-20H,4-11H2,1-3H3/t12-,13-,14+,16+,17+,18-/m0/s1. The molecule has 21 heavy (non-hydrogen) atoms. The Morgan fingerprint density at radius 3 is 2.38 bits per heavy atom. The van der Waals surface area contributed by atoms with E-state index >= 15 is 0 Å². The lowest BCUT2D eigenvalue weighted by Gasteiger charge is -2.71. The second-order valence-corrected chi connectivity index (χ2v) is 9.12. The summed E-state index contributed by atoms with van der Waals surface area (Å²) in [5.74, 6) is 0.151. The summed E-state index contributed by atoms with van der Waals surface area (Å²) in [5.41, 5.74) is 0.0661. The third-order valence-electron chi connectivity index (χ3n) is 8.27. The number of ether oxygens (including phenoxy) is 1. The molecule has 5 rings (SSSR count). The molecular weight excluding hydrogens is 264 g/mol. The van der Waals surface area contributed by atoms with Crippen LogP contribution in [0.1, 0.15) is 65.7 Å². The van der Waals surface area contributed by atoms with Gasteiger partial charge in [0, 0.05) is 17.3 Å². The van der Waals surface area contributed by atoms with Crippen LogP contribution in [0.25, 0.3) is 0 Å². The van der Waals surface area contributed by atoms with Crippen molar-refractivity contribution >= 4 is 0 Å². The van der Waals surface area contributed by atoms with Crippen molar-refractivity contribution in [1.82, 2.24) is 0 Å². The molecule has 3 heteroatoms. The van der Waals surface area contributed by atoms with E-state index in [9.17, 15) is 10.2 Å². The SMILES string of the molecule is CC1(C)[C@@H]2CC[C@@]3(C)[C@H](O)CCC[C@@H]3[C@@]23CC[C@]1(O)OC3. The van der Waals surface area contributed by atoms with Crippen LogP contribution in [0.3, 0.4) is 0 Å². The van der Waals surface area contributed by atoms with Crippen LogP contribution in [0, 0.1) is 28.1 Å². The Bertz CT molecular complexity index is 449. The lowest BCUT2D eigenvalue weighted by molar-refractivity contribution is -0.396. The zero-order chi connectivity index (χ0) is 15.1. The molecule has 2 bridgehead atoms. The first-order chi connectivity index (χ1) is 9.76. The van der Waals surface area contributed by atoms with Gasteiger partial charge >= 0.3 is 0 Å². The van der Waals surface area contributed by atoms with E-state index in [1.165, 1.54) is 6.42 Å². The fourth-order valence-corrected chi connectivity index (χ4v) is 6.89. The van der Waals surface area contributed by atoms with E-state index in [0.29, 0.717) is 18.4 Å². The Balaban J connectivity index is 1.80. The van der Waals surface area contributed by atoms with Gasteiger partial charge in [-0.3, -0.25) is 0 Å². The Labute approximate surface area is 128 Å². The molecule has 5 fully saturated rings. The number of aliphatic hydroxyl groups is 2. The summed E-state index contributed by atoms with van der Waals surface area (Å²) >= 11 is 0. The van der Waals surface area contributed by atoms with Gasteiger partial charge in [0.25, 0.3) is 0 Å². The van der Waals surface area contributed by atoms with E-state index in [-0.39, 0.29) is 22.3 Å². The molecule has 2 N–H and O–H groups in total. The van der Waals surface area contributed by atoms with E-state index in [1.54, 1.807) is 0 Å². The van der Waals surface area contributed by atoms with Gasteiger partial charge in [-0.2, -0.15) is 0 Å². The summed E-state index contributed by atoms with van der Waals surface area (Å²) in [7, 11) is 0. The van der Waals surface area contributed by atoms with Crippen LogP contribution in [0.2, 0.25) is 0 Å². The van der Waals surface area contributed by atoms with Gasteiger partial charge in [0.2, 0.25) is 0 Å².